The Balaban J connectivity index is 2.57. The molecule has 0 aliphatic rings. The van der Waals surface area contributed by atoms with E-state index in [4.69, 9.17) is 5.11 Å². The zero-order valence-electron chi connectivity index (χ0n) is 9.45. The molecule has 1 atom stereocenters. The van der Waals surface area contributed by atoms with Crippen molar-refractivity contribution >= 4 is 28.6 Å². The molecule has 0 unspecified atom stereocenters. The lowest BCUT2D eigenvalue weighted by molar-refractivity contribution is -0.138. The fourth-order valence-electron chi connectivity index (χ4n) is 1.54. The molecule has 88 valence electrons. The number of aliphatic carboxylic acids is 1. The molecule has 1 aromatic carbocycles. The number of carboxylic acids is 1. The number of carboxylic acid groups (broad SMARTS) is 1. The molecule has 0 fully saturated rings. The maximum absolute atomic E-state index is 10.8. The van der Waals surface area contributed by atoms with E-state index >= 15 is 0 Å². The lowest BCUT2D eigenvalue weighted by atomic mass is 9.99. The van der Waals surface area contributed by atoms with Gasteiger partial charge in [-0.1, -0.05) is 46.9 Å². The number of alkyl halides is 1. The Morgan fingerprint density at radius 3 is 2.44 bits per heavy atom. The fraction of sp³-hybridized carbons (Fsp3) is 0.462. The number of unbranched alkanes of at least 4 members (excludes halogenated alkanes) is 1. The number of aryl methyl sites for hydroxylation is 1. The summed E-state index contributed by atoms with van der Waals surface area (Å²) in [7, 11) is 0. The molecule has 2 nitrogen and oxygen atoms in total. The van der Waals surface area contributed by atoms with E-state index in [1.807, 2.05) is 24.3 Å². The van der Waals surface area contributed by atoms with Crippen molar-refractivity contribution in [3.05, 3.63) is 35.4 Å². The zero-order chi connectivity index (χ0) is 12.0. The number of hydrogen-bond donors (Lipinski definition) is 1. The van der Waals surface area contributed by atoms with Gasteiger partial charge in [0.1, 0.15) is 0 Å². The van der Waals surface area contributed by atoms with Crippen molar-refractivity contribution < 1.29 is 9.90 Å². The second-order valence-corrected chi connectivity index (χ2v) is 5.03. The molecular formula is C13H17IO2. The minimum Gasteiger partial charge on any atom is -0.481 e. The summed E-state index contributed by atoms with van der Waals surface area (Å²) >= 11 is 2.39. The van der Waals surface area contributed by atoms with Crippen LogP contribution in [0.3, 0.4) is 0 Å². The topological polar surface area (TPSA) is 37.3 Å². The summed E-state index contributed by atoms with van der Waals surface area (Å²) in [5.74, 6) is -1.18. The van der Waals surface area contributed by atoms with Crippen LogP contribution in [0.1, 0.15) is 36.8 Å². The molecule has 0 amide bonds. The van der Waals surface area contributed by atoms with Crippen molar-refractivity contribution in [1.82, 2.24) is 0 Å². The maximum Gasteiger partial charge on any atom is 0.310 e. The van der Waals surface area contributed by atoms with Gasteiger partial charge in [0.2, 0.25) is 0 Å². The summed E-state index contributed by atoms with van der Waals surface area (Å²) in [6, 6.07) is 7.94. The normalized spacial score (nSPS) is 12.4. The smallest absolute Gasteiger partial charge is 0.310 e. The van der Waals surface area contributed by atoms with Gasteiger partial charge in [-0.3, -0.25) is 4.79 Å². The number of halogens is 1. The van der Waals surface area contributed by atoms with Crippen molar-refractivity contribution in [3.63, 3.8) is 0 Å². The summed E-state index contributed by atoms with van der Waals surface area (Å²) in [4.78, 5) is 10.8. The van der Waals surface area contributed by atoms with Gasteiger partial charge in [-0.2, -0.15) is 0 Å². The molecule has 1 rings (SSSR count). The standard InChI is InChI=1S/C13H17IO2/c1-10(13(15)16)12-7-5-11(6-8-12)4-2-3-9-14/h5-8,10H,2-4,9H2,1H3,(H,15,16)/t10-/m1/s1. The predicted molar refractivity (Wildman–Crippen MR) is 74.3 cm³/mol. The van der Waals surface area contributed by atoms with Gasteiger partial charge < -0.3 is 5.11 Å². The zero-order valence-corrected chi connectivity index (χ0v) is 11.6. The molecule has 3 heteroatoms. The molecule has 0 saturated heterocycles. The molecule has 0 radical (unpaired) electrons. The molecule has 1 N–H and O–H groups in total. The first-order valence-electron chi connectivity index (χ1n) is 5.52. The van der Waals surface area contributed by atoms with Crippen LogP contribution in [0.4, 0.5) is 0 Å². The average molecular weight is 332 g/mol. The van der Waals surface area contributed by atoms with Crippen molar-refractivity contribution in [1.29, 1.82) is 0 Å². The lowest BCUT2D eigenvalue weighted by Crippen LogP contribution is -2.07. The third kappa shape index (κ3) is 4.12. The third-order valence-corrected chi connectivity index (χ3v) is 3.46. The quantitative estimate of drug-likeness (QED) is 0.491. The molecule has 0 heterocycles. The summed E-state index contributed by atoms with van der Waals surface area (Å²) in [5.41, 5.74) is 2.18. The largest absolute Gasteiger partial charge is 0.481 e. The van der Waals surface area contributed by atoms with E-state index in [9.17, 15) is 4.79 Å². The molecule has 0 bridgehead atoms. The predicted octanol–water partition coefficient (Wildman–Crippen LogP) is 3.63. The minimum atomic E-state index is -0.766. The van der Waals surface area contributed by atoms with Crippen LogP contribution in [0.2, 0.25) is 0 Å². The van der Waals surface area contributed by atoms with E-state index in [2.05, 4.69) is 22.6 Å². The van der Waals surface area contributed by atoms with Crippen LogP contribution in [-0.2, 0) is 11.2 Å². The molecule has 0 spiro atoms. The van der Waals surface area contributed by atoms with Gasteiger partial charge in [0, 0.05) is 0 Å². The first kappa shape index (κ1) is 13.5. The van der Waals surface area contributed by atoms with Crippen LogP contribution in [0.25, 0.3) is 0 Å². The van der Waals surface area contributed by atoms with Crippen LogP contribution < -0.4 is 0 Å². The highest BCUT2D eigenvalue weighted by Gasteiger charge is 2.12. The maximum atomic E-state index is 10.8. The van der Waals surface area contributed by atoms with E-state index < -0.39 is 11.9 Å². The number of hydrogen-bond acceptors (Lipinski definition) is 1. The van der Waals surface area contributed by atoms with Crippen molar-refractivity contribution in [2.45, 2.75) is 32.1 Å². The Morgan fingerprint density at radius 2 is 1.94 bits per heavy atom. The van der Waals surface area contributed by atoms with Gasteiger partial charge in [0.25, 0.3) is 0 Å². The summed E-state index contributed by atoms with van der Waals surface area (Å²) < 4.78 is 1.20. The van der Waals surface area contributed by atoms with E-state index in [0.717, 1.165) is 12.0 Å². The van der Waals surface area contributed by atoms with Gasteiger partial charge in [-0.25, -0.2) is 0 Å². The van der Waals surface area contributed by atoms with E-state index in [-0.39, 0.29) is 0 Å². The van der Waals surface area contributed by atoms with Crippen LogP contribution in [0.5, 0.6) is 0 Å². The second kappa shape index (κ2) is 6.89. The highest BCUT2D eigenvalue weighted by Crippen LogP contribution is 2.17. The minimum absolute atomic E-state index is 0.414. The Labute approximate surface area is 110 Å². The van der Waals surface area contributed by atoms with Gasteiger partial charge in [0.15, 0.2) is 0 Å². The van der Waals surface area contributed by atoms with Crippen molar-refractivity contribution in [2.24, 2.45) is 0 Å². The Kier molecular flexibility index (Phi) is 5.80. The summed E-state index contributed by atoms with van der Waals surface area (Å²) in [6.07, 6.45) is 3.54. The molecular weight excluding hydrogens is 315 g/mol. The molecule has 0 aliphatic carbocycles. The highest BCUT2D eigenvalue weighted by molar-refractivity contribution is 14.1. The first-order chi connectivity index (χ1) is 7.65. The van der Waals surface area contributed by atoms with Crippen LogP contribution >= 0.6 is 22.6 Å². The third-order valence-electron chi connectivity index (χ3n) is 2.70. The monoisotopic (exact) mass is 332 g/mol. The molecule has 0 aromatic heterocycles. The lowest BCUT2D eigenvalue weighted by Gasteiger charge is -2.07. The summed E-state index contributed by atoms with van der Waals surface area (Å²) in [5, 5.41) is 8.88. The van der Waals surface area contributed by atoms with Crippen molar-refractivity contribution in [2.75, 3.05) is 4.43 Å². The Hall–Kier alpha value is -0.580. The molecule has 0 saturated carbocycles. The van der Waals surface area contributed by atoms with Crippen LogP contribution in [0, 0.1) is 0 Å². The Morgan fingerprint density at radius 1 is 1.31 bits per heavy atom. The number of benzene rings is 1. The first-order valence-corrected chi connectivity index (χ1v) is 7.05. The van der Waals surface area contributed by atoms with Crippen molar-refractivity contribution in [3.8, 4) is 0 Å². The molecule has 0 aliphatic heterocycles. The fourth-order valence-corrected chi connectivity index (χ4v) is 2.08. The number of rotatable bonds is 6. The number of carbonyl (C=O) groups is 1. The summed E-state index contributed by atoms with van der Waals surface area (Å²) in [6.45, 7) is 1.72. The second-order valence-electron chi connectivity index (χ2n) is 3.95. The van der Waals surface area contributed by atoms with Gasteiger partial charge in [-0.15, -0.1) is 0 Å². The highest BCUT2D eigenvalue weighted by atomic mass is 127. The van der Waals surface area contributed by atoms with E-state index in [0.29, 0.717) is 0 Å². The molecule has 16 heavy (non-hydrogen) atoms. The van der Waals surface area contributed by atoms with Gasteiger partial charge >= 0.3 is 5.97 Å². The van der Waals surface area contributed by atoms with Gasteiger partial charge in [-0.05, 0) is 41.7 Å². The average Bonchev–Trinajstić information content (AvgIpc) is 2.29. The Bertz CT molecular complexity index is 332. The van der Waals surface area contributed by atoms with Crippen LogP contribution in [0.15, 0.2) is 24.3 Å². The van der Waals surface area contributed by atoms with Gasteiger partial charge in [0.05, 0.1) is 5.92 Å². The van der Waals surface area contributed by atoms with Crippen LogP contribution in [-0.4, -0.2) is 15.5 Å². The molecule has 1 aromatic rings. The SMILES string of the molecule is C[C@@H](C(=O)O)c1ccc(CCCCI)cc1. The van der Waals surface area contributed by atoms with E-state index in [1.54, 1.807) is 6.92 Å². The van der Waals surface area contributed by atoms with E-state index in [1.165, 1.54) is 22.8 Å².